The van der Waals surface area contributed by atoms with Gasteiger partial charge in [-0.3, -0.25) is 10.2 Å². The van der Waals surface area contributed by atoms with Crippen molar-refractivity contribution in [1.29, 1.82) is 0 Å². The number of nitrogens with zero attached hydrogens (tertiary/aromatic N) is 1. The van der Waals surface area contributed by atoms with E-state index in [0.29, 0.717) is 19.8 Å². The van der Waals surface area contributed by atoms with Crippen LogP contribution in [0.15, 0.2) is 109 Å². The third-order valence-electron chi connectivity index (χ3n) is 6.71. The molecular weight excluding hydrogens is 498 g/mol. The molecule has 1 atom stereocenters. The third-order valence-corrected chi connectivity index (χ3v) is 6.71. The molecule has 0 saturated heterocycles. The van der Waals surface area contributed by atoms with E-state index in [9.17, 15) is 4.79 Å². The largest absolute Gasteiger partial charge is 0.489 e. The van der Waals surface area contributed by atoms with Gasteiger partial charge in [-0.15, -0.1) is 0 Å². The zero-order valence-corrected chi connectivity index (χ0v) is 23.2. The molecule has 208 valence electrons. The minimum Gasteiger partial charge on any atom is -0.489 e. The summed E-state index contributed by atoms with van der Waals surface area (Å²) in [7, 11) is 0. The minimum atomic E-state index is -0.480. The SMILES string of the molecule is CCCCC(NCCc1ccc(OCc2ccccc2)cc1)N(C(N)=O)c1ccc(OCc2ccccc2)cc1. The first-order valence-corrected chi connectivity index (χ1v) is 14.0. The molecule has 3 N–H and O–H groups in total. The number of carbonyl (C=O) groups excluding carboxylic acids is 1. The number of nitrogens with two attached hydrogens (primary N) is 1. The fraction of sp³-hybridized carbons (Fsp3) is 0.265. The van der Waals surface area contributed by atoms with Gasteiger partial charge in [0.25, 0.3) is 0 Å². The van der Waals surface area contributed by atoms with Crippen LogP contribution in [0.1, 0.15) is 42.9 Å². The van der Waals surface area contributed by atoms with Crippen LogP contribution in [0.2, 0.25) is 0 Å². The van der Waals surface area contributed by atoms with E-state index in [2.05, 4.69) is 36.5 Å². The predicted molar refractivity (Wildman–Crippen MR) is 162 cm³/mol. The molecule has 0 saturated carbocycles. The molecule has 0 fully saturated rings. The van der Waals surface area contributed by atoms with E-state index in [0.717, 1.165) is 54.0 Å². The molecule has 0 heterocycles. The van der Waals surface area contributed by atoms with Gasteiger partial charge in [0.1, 0.15) is 24.7 Å². The van der Waals surface area contributed by atoms with Crippen molar-refractivity contribution in [2.45, 2.75) is 52.0 Å². The van der Waals surface area contributed by atoms with Gasteiger partial charge in [0.05, 0.1) is 6.17 Å². The van der Waals surface area contributed by atoms with Crippen molar-refractivity contribution in [2.75, 3.05) is 11.4 Å². The van der Waals surface area contributed by atoms with Crippen molar-refractivity contribution >= 4 is 11.7 Å². The normalized spacial score (nSPS) is 11.5. The molecule has 1 unspecified atom stereocenters. The maximum Gasteiger partial charge on any atom is 0.320 e. The van der Waals surface area contributed by atoms with E-state index in [1.165, 1.54) is 5.56 Å². The van der Waals surface area contributed by atoms with E-state index < -0.39 is 6.03 Å². The number of primary amides is 1. The van der Waals surface area contributed by atoms with Gasteiger partial charge in [0.2, 0.25) is 0 Å². The quantitative estimate of drug-likeness (QED) is 0.159. The van der Waals surface area contributed by atoms with Crippen LogP contribution in [0.4, 0.5) is 10.5 Å². The molecule has 40 heavy (non-hydrogen) atoms. The summed E-state index contributed by atoms with van der Waals surface area (Å²) in [5, 5.41) is 3.57. The summed E-state index contributed by atoms with van der Waals surface area (Å²) >= 11 is 0. The Hall–Kier alpha value is -4.29. The zero-order valence-electron chi connectivity index (χ0n) is 23.2. The Morgan fingerprint density at radius 3 is 1.77 bits per heavy atom. The minimum absolute atomic E-state index is 0.206. The van der Waals surface area contributed by atoms with Crippen molar-refractivity contribution in [1.82, 2.24) is 5.32 Å². The lowest BCUT2D eigenvalue weighted by Crippen LogP contribution is -2.51. The molecule has 6 nitrogen and oxygen atoms in total. The molecule has 0 aliphatic rings. The van der Waals surface area contributed by atoms with E-state index in [4.69, 9.17) is 15.2 Å². The number of amides is 2. The Morgan fingerprint density at radius 1 is 0.750 bits per heavy atom. The maximum absolute atomic E-state index is 12.6. The van der Waals surface area contributed by atoms with Crippen LogP contribution in [0, 0.1) is 0 Å². The highest BCUT2D eigenvalue weighted by molar-refractivity contribution is 5.91. The second kappa shape index (κ2) is 15.3. The van der Waals surface area contributed by atoms with Gasteiger partial charge in [0.15, 0.2) is 0 Å². The standard InChI is InChI=1S/C34H39N3O3/c1-2-3-14-33(36-24-23-27-15-19-31(20-16-27)39-25-28-10-6-4-7-11-28)37(34(35)38)30-17-21-32(22-18-30)40-26-29-12-8-5-9-13-29/h4-13,15-22,33,36H,2-3,14,23-26H2,1H3,(H2,35,38). The van der Waals surface area contributed by atoms with E-state index in [-0.39, 0.29) is 6.17 Å². The maximum atomic E-state index is 12.6. The molecule has 0 spiro atoms. The summed E-state index contributed by atoms with van der Waals surface area (Å²) in [6.07, 6.45) is 3.43. The fourth-order valence-corrected chi connectivity index (χ4v) is 4.50. The zero-order chi connectivity index (χ0) is 28.0. The lowest BCUT2D eigenvalue weighted by atomic mass is 10.1. The average molecular weight is 538 g/mol. The van der Waals surface area contributed by atoms with Gasteiger partial charge >= 0.3 is 6.03 Å². The van der Waals surface area contributed by atoms with E-state index in [1.54, 1.807) is 4.90 Å². The monoisotopic (exact) mass is 537 g/mol. The molecule has 6 heteroatoms. The van der Waals surface area contributed by atoms with Crippen LogP contribution >= 0.6 is 0 Å². The number of hydrogen-bond acceptors (Lipinski definition) is 4. The first-order chi connectivity index (χ1) is 19.6. The van der Waals surface area contributed by atoms with Crippen LogP contribution in [0.5, 0.6) is 11.5 Å². The topological polar surface area (TPSA) is 76.8 Å². The van der Waals surface area contributed by atoms with Gasteiger partial charge in [-0.1, -0.05) is 92.6 Å². The number of benzene rings is 4. The molecule has 4 aromatic rings. The Balaban J connectivity index is 1.32. The Kier molecular flexibility index (Phi) is 11.0. The lowest BCUT2D eigenvalue weighted by molar-refractivity contribution is 0.249. The highest BCUT2D eigenvalue weighted by atomic mass is 16.5. The van der Waals surface area contributed by atoms with Crippen molar-refractivity contribution in [3.63, 3.8) is 0 Å². The summed E-state index contributed by atoms with van der Waals surface area (Å²) in [4.78, 5) is 14.2. The van der Waals surface area contributed by atoms with E-state index in [1.807, 2.05) is 84.9 Å². The summed E-state index contributed by atoms with van der Waals surface area (Å²) in [5.41, 5.74) is 10.1. The van der Waals surface area contributed by atoms with E-state index >= 15 is 0 Å². The second-order valence-electron chi connectivity index (χ2n) is 9.76. The third kappa shape index (κ3) is 8.89. The van der Waals surface area contributed by atoms with Crippen molar-refractivity contribution in [3.05, 3.63) is 126 Å². The fourth-order valence-electron chi connectivity index (χ4n) is 4.50. The molecule has 0 aliphatic carbocycles. The summed E-state index contributed by atoms with van der Waals surface area (Å²) in [6, 6.07) is 35.4. The van der Waals surface area contributed by atoms with Gasteiger partial charge in [0, 0.05) is 12.2 Å². The van der Waals surface area contributed by atoms with Crippen molar-refractivity contribution in [2.24, 2.45) is 5.73 Å². The molecule has 0 radical (unpaired) electrons. The summed E-state index contributed by atoms with van der Waals surface area (Å²) in [6.45, 7) is 3.89. The van der Waals surface area contributed by atoms with Crippen LogP contribution in [-0.4, -0.2) is 18.7 Å². The number of unbranched alkanes of at least 4 members (excludes halogenated alkanes) is 1. The lowest BCUT2D eigenvalue weighted by Gasteiger charge is -2.31. The Bertz CT molecular complexity index is 1280. The van der Waals surface area contributed by atoms with Crippen molar-refractivity contribution in [3.8, 4) is 11.5 Å². The second-order valence-corrected chi connectivity index (χ2v) is 9.76. The van der Waals surface area contributed by atoms with Gasteiger partial charge in [-0.05, 0) is 65.9 Å². The highest BCUT2D eigenvalue weighted by Crippen LogP contribution is 2.23. The first kappa shape index (κ1) is 28.7. The number of hydrogen-bond donors (Lipinski definition) is 2. The Morgan fingerprint density at radius 2 is 1.27 bits per heavy atom. The molecule has 0 aliphatic heterocycles. The van der Waals surface area contributed by atoms with Crippen LogP contribution < -0.4 is 25.4 Å². The van der Waals surface area contributed by atoms with Crippen LogP contribution in [0.3, 0.4) is 0 Å². The molecule has 0 bridgehead atoms. The number of urea groups is 1. The molecule has 4 rings (SSSR count). The molecule has 2 amide bonds. The van der Waals surface area contributed by atoms with Gasteiger partial charge < -0.3 is 15.2 Å². The molecule has 4 aromatic carbocycles. The first-order valence-electron chi connectivity index (χ1n) is 14.0. The number of nitrogens with one attached hydrogen (secondary N) is 1. The van der Waals surface area contributed by atoms with Gasteiger partial charge in [-0.2, -0.15) is 0 Å². The number of anilines is 1. The smallest absolute Gasteiger partial charge is 0.320 e. The summed E-state index contributed by atoms with van der Waals surface area (Å²) in [5.74, 6) is 1.59. The highest BCUT2D eigenvalue weighted by Gasteiger charge is 2.23. The Labute approximate surface area is 237 Å². The van der Waals surface area contributed by atoms with Crippen LogP contribution in [-0.2, 0) is 19.6 Å². The van der Waals surface area contributed by atoms with Gasteiger partial charge in [-0.25, -0.2) is 4.79 Å². The average Bonchev–Trinajstić information content (AvgIpc) is 3.00. The summed E-state index contributed by atoms with van der Waals surface area (Å²) < 4.78 is 11.8. The molecular formula is C34H39N3O3. The number of carbonyl (C=O) groups is 1. The predicted octanol–water partition coefficient (Wildman–Crippen LogP) is 7.08. The van der Waals surface area contributed by atoms with Crippen LogP contribution in [0.25, 0.3) is 0 Å². The number of rotatable bonds is 15. The molecule has 0 aromatic heterocycles. The van der Waals surface area contributed by atoms with Crippen molar-refractivity contribution < 1.29 is 14.3 Å². The number of ether oxygens (including phenoxy) is 2.